The Labute approximate surface area is 147 Å². The van der Waals surface area contributed by atoms with Crippen molar-refractivity contribution in [3.8, 4) is 24.0 Å². The molecule has 0 saturated heterocycles. The molecule has 5 nitrogen and oxygen atoms in total. The lowest BCUT2D eigenvalue weighted by molar-refractivity contribution is 0.305. The van der Waals surface area contributed by atoms with Crippen LogP contribution in [0, 0.1) is 45.3 Å². The molecule has 2 aliphatic carbocycles. The van der Waals surface area contributed by atoms with Crippen molar-refractivity contribution in [1.82, 2.24) is 0 Å². The fourth-order valence-corrected chi connectivity index (χ4v) is 4.14. The largest absolute Gasteiger partial charge is 0.496 e. The highest BCUT2D eigenvalue weighted by molar-refractivity contribution is 5.60. The average Bonchev–Trinajstić information content (AvgIpc) is 2.67. The van der Waals surface area contributed by atoms with Crippen LogP contribution in [0.2, 0.25) is 0 Å². The van der Waals surface area contributed by atoms with E-state index in [9.17, 15) is 15.8 Å². The number of nitriles is 3. The number of hydrogen-bond acceptors (Lipinski definition) is 5. The lowest BCUT2D eigenvalue weighted by atomic mass is 9.56. The molecule has 5 heteroatoms. The van der Waals surface area contributed by atoms with Gasteiger partial charge in [-0.15, -0.1) is 0 Å². The molecular weight excluding hydrogens is 312 g/mol. The van der Waals surface area contributed by atoms with E-state index >= 15 is 0 Å². The van der Waals surface area contributed by atoms with E-state index in [2.05, 4.69) is 18.2 Å². The Morgan fingerprint density at radius 2 is 1.92 bits per heavy atom. The van der Waals surface area contributed by atoms with Crippen molar-refractivity contribution in [3.63, 3.8) is 0 Å². The molecule has 1 aromatic rings. The number of nitrogens with zero attached hydrogens (tertiary/aromatic N) is 3. The minimum absolute atomic E-state index is 0.0558. The second-order valence-corrected chi connectivity index (χ2v) is 6.35. The molecular formula is C20H18N4O. The Kier molecular flexibility index (Phi) is 4.22. The third kappa shape index (κ3) is 2.27. The zero-order valence-electron chi connectivity index (χ0n) is 14.0. The summed E-state index contributed by atoms with van der Waals surface area (Å²) < 4.78 is 5.49. The van der Waals surface area contributed by atoms with E-state index in [0.29, 0.717) is 11.3 Å². The molecule has 2 atom stereocenters. The quantitative estimate of drug-likeness (QED) is 0.895. The third-order valence-electron chi connectivity index (χ3n) is 5.27. The van der Waals surface area contributed by atoms with Gasteiger partial charge >= 0.3 is 0 Å². The molecule has 0 heterocycles. The molecule has 25 heavy (non-hydrogen) atoms. The fraction of sp³-hybridized carbons (Fsp3) is 0.350. The zero-order chi connectivity index (χ0) is 18.0. The highest BCUT2D eigenvalue weighted by atomic mass is 16.5. The SMILES string of the molecule is COc1ccccc1[C@H]1[C@@H]2CCCC=C2C(C#N)=C(N)C1(C#N)C#N. The van der Waals surface area contributed by atoms with Crippen LogP contribution in [0.4, 0.5) is 0 Å². The number of ether oxygens (including phenoxy) is 1. The van der Waals surface area contributed by atoms with Gasteiger partial charge in [-0.3, -0.25) is 0 Å². The van der Waals surface area contributed by atoms with E-state index in [1.165, 1.54) is 0 Å². The molecule has 1 aromatic carbocycles. The topological polar surface area (TPSA) is 107 Å². The van der Waals surface area contributed by atoms with Crippen LogP contribution >= 0.6 is 0 Å². The highest BCUT2D eigenvalue weighted by Crippen LogP contribution is 2.57. The van der Waals surface area contributed by atoms with Gasteiger partial charge in [0.2, 0.25) is 0 Å². The van der Waals surface area contributed by atoms with Gasteiger partial charge in [0.15, 0.2) is 5.41 Å². The maximum Gasteiger partial charge on any atom is 0.191 e. The van der Waals surface area contributed by atoms with E-state index in [0.717, 1.165) is 30.4 Å². The summed E-state index contributed by atoms with van der Waals surface area (Å²) in [6.45, 7) is 0. The Bertz CT molecular complexity index is 877. The Morgan fingerprint density at radius 1 is 1.20 bits per heavy atom. The first-order valence-electron chi connectivity index (χ1n) is 8.20. The monoisotopic (exact) mass is 330 g/mol. The van der Waals surface area contributed by atoms with Crippen molar-refractivity contribution < 1.29 is 4.74 Å². The number of benzene rings is 1. The van der Waals surface area contributed by atoms with Crippen molar-refractivity contribution in [1.29, 1.82) is 15.8 Å². The summed E-state index contributed by atoms with van der Waals surface area (Å²) in [5.74, 6) is 0.0501. The summed E-state index contributed by atoms with van der Waals surface area (Å²) in [7, 11) is 1.57. The highest BCUT2D eigenvalue weighted by Gasteiger charge is 2.54. The van der Waals surface area contributed by atoms with Crippen LogP contribution < -0.4 is 10.5 Å². The van der Waals surface area contributed by atoms with Crippen LogP contribution in [0.15, 0.2) is 47.2 Å². The van der Waals surface area contributed by atoms with Gasteiger partial charge in [0.25, 0.3) is 0 Å². The molecule has 0 amide bonds. The zero-order valence-corrected chi connectivity index (χ0v) is 14.0. The van der Waals surface area contributed by atoms with Gasteiger partial charge in [0.1, 0.15) is 11.8 Å². The smallest absolute Gasteiger partial charge is 0.191 e. The van der Waals surface area contributed by atoms with Crippen LogP contribution in [0.5, 0.6) is 5.75 Å². The van der Waals surface area contributed by atoms with Crippen LogP contribution in [0.3, 0.4) is 0 Å². The van der Waals surface area contributed by atoms with Gasteiger partial charge in [-0.05, 0) is 36.8 Å². The predicted molar refractivity (Wildman–Crippen MR) is 91.6 cm³/mol. The van der Waals surface area contributed by atoms with Crippen molar-refractivity contribution in [2.45, 2.75) is 25.2 Å². The molecule has 0 aliphatic heterocycles. The van der Waals surface area contributed by atoms with E-state index < -0.39 is 11.3 Å². The molecule has 2 aliphatic rings. The number of nitrogens with two attached hydrogens (primary N) is 1. The Balaban J connectivity index is 2.36. The van der Waals surface area contributed by atoms with E-state index in [1.54, 1.807) is 7.11 Å². The van der Waals surface area contributed by atoms with Crippen LogP contribution in [-0.2, 0) is 0 Å². The number of fused-ring (bicyclic) bond motifs is 1. The van der Waals surface area contributed by atoms with E-state index in [1.807, 2.05) is 30.3 Å². The molecule has 0 aromatic heterocycles. The van der Waals surface area contributed by atoms with Gasteiger partial charge in [-0.25, -0.2) is 0 Å². The van der Waals surface area contributed by atoms with Gasteiger partial charge < -0.3 is 10.5 Å². The third-order valence-corrected chi connectivity index (χ3v) is 5.27. The predicted octanol–water partition coefficient (Wildman–Crippen LogP) is 3.29. The minimum Gasteiger partial charge on any atom is -0.496 e. The summed E-state index contributed by atoms with van der Waals surface area (Å²) >= 11 is 0. The maximum atomic E-state index is 9.95. The van der Waals surface area contributed by atoms with Gasteiger partial charge in [0, 0.05) is 11.5 Å². The summed E-state index contributed by atoms with van der Waals surface area (Å²) in [5, 5.41) is 29.5. The van der Waals surface area contributed by atoms with E-state index in [4.69, 9.17) is 10.5 Å². The van der Waals surface area contributed by atoms with Crippen molar-refractivity contribution in [2.75, 3.05) is 7.11 Å². The number of rotatable bonds is 2. The second-order valence-electron chi connectivity index (χ2n) is 6.35. The van der Waals surface area contributed by atoms with Crippen molar-refractivity contribution >= 4 is 0 Å². The van der Waals surface area contributed by atoms with Crippen molar-refractivity contribution in [3.05, 3.63) is 52.7 Å². The van der Waals surface area contributed by atoms with E-state index in [-0.39, 0.29) is 11.6 Å². The van der Waals surface area contributed by atoms with Crippen LogP contribution in [-0.4, -0.2) is 7.11 Å². The second kappa shape index (κ2) is 6.34. The number of allylic oxidation sites excluding steroid dienone is 4. The van der Waals surface area contributed by atoms with Crippen LogP contribution in [0.1, 0.15) is 30.7 Å². The lowest BCUT2D eigenvalue weighted by Crippen LogP contribution is -2.42. The molecule has 0 unspecified atom stereocenters. The normalized spacial score (nSPS) is 24.2. The molecule has 2 N–H and O–H groups in total. The maximum absolute atomic E-state index is 9.95. The molecule has 0 bridgehead atoms. The summed E-state index contributed by atoms with van der Waals surface area (Å²) in [5.41, 5.74) is 6.66. The summed E-state index contributed by atoms with van der Waals surface area (Å²) in [4.78, 5) is 0. The molecule has 0 saturated carbocycles. The Hall–Kier alpha value is -3.23. The minimum atomic E-state index is -1.58. The lowest BCUT2D eigenvalue weighted by Gasteiger charge is -2.43. The molecule has 0 fully saturated rings. The first-order chi connectivity index (χ1) is 12.1. The summed E-state index contributed by atoms with van der Waals surface area (Å²) in [6, 6.07) is 13.8. The molecule has 3 rings (SSSR count). The average molecular weight is 330 g/mol. The Morgan fingerprint density at radius 3 is 2.56 bits per heavy atom. The number of para-hydroxylation sites is 1. The standard InChI is InChI=1S/C20H18N4O/c1-25-17-9-5-4-8-15(17)18-14-7-3-2-6-13(14)16(10-21)19(24)20(18,11-22)12-23/h4-6,8-9,14,18H,2-3,7,24H2,1H3/t14-,18-/m1/s1. The first-order valence-corrected chi connectivity index (χ1v) is 8.20. The first kappa shape index (κ1) is 16.6. The fourth-order valence-electron chi connectivity index (χ4n) is 4.14. The van der Waals surface area contributed by atoms with Gasteiger partial charge in [0.05, 0.1) is 30.5 Å². The molecule has 124 valence electrons. The van der Waals surface area contributed by atoms with Gasteiger partial charge in [-0.2, -0.15) is 15.8 Å². The summed E-state index contributed by atoms with van der Waals surface area (Å²) in [6.07, 6.45) is 4.65. The number of methoxy groups -OCH3 is 1. The number of hydrogen-bond donors (Lipinski definition) is 1. The molecule has 0 radical (unpaired) electrons. The van der Waals surface area contributed by atoms with Gasteiger partial charge in [-0.1, -0.05) is 24.3 Å². The molecule has 0 spiro atoms. The van der Waals surface area contributed by atoms with Crippen molar-refractivity contribution in [2.24, 2.45) is 17.1 Å². The van der Waals surface area contributed by atoms with Crippen LogP contribution in [0.25, 0.3) is 0 Å².